The molecule has 0 spiro atoms. The Morgan fingerprint density at radius 1 is 1.37 bits per heavy atom. The molecule has 1 amide bonds. The molecule has 1 aliphatic carbocycles. The molecule has 0 aliphatic heterocycles. The zero-order chi connectivity index (χ0) is 18.8. The number of rotatable bonds is 5. The van der Waals surface area contributed by atoms with Gasteiger partial charge in [-0.3, -0.25) is 0 Å². The maximum atomic E-state index is 11.1. The van der Waals surface area contributed by atoms with Crippen molar-refractivity contribution in [1.29, 1.82) is 0 Å². The molecule has 8 heteroatoms. The second kappa shape index (κ2) is 7.78. The number of furan rings is 1. The molecule has 2 atom stereocenters. The number of carbonyl (C=O) groups is 1. The highest BCUT2D eigenvalue weighted by atomic mass is 35.5. The van der Waals surface area contributed by atoms with Gasteiger partial charge in [0.05, 0.1) is 5.69 Å². The highest BCUT2D eigenvalue weighted by Gasteiger charge is 2.31. The van der Waals surface area contributed by atoms with E-state index < -0.39 is 6.09 Å². The molecule has 0 aromatic carbocycles. The Bertz CT molecular complexity index is 941. The van der Waals surface area contributed by atoms with Crippen LogP contribution in [0.4, 0.5) is 10.5 Å². The number of fused-ring (bicyclic) bond motifs is 1. The summed E-state index contributed by atoms with van der Waals surface area (Å²) in [6, 6.07) is 7.59. The number of amides is 1. The lowest BCUT2D eigenvalue weighted by molar-refractivity contribution is 0.181. The third-order valence-electron chi connectivity index (χ3n) is 4.94. The van der Waals surface area contributed by atoms with Crippen LogP contribution in [0, 0.1) is 0 Å². The number of anilines is 1. The van der Waals surface area contributed by atoms with Crippen molar-refractivity contribution in [2.45, 2.75) is 44.2 Å². The second-order valence-corrected chi connectivity index (χ2v) is 8.16. The van der Waals surface area contributed by atoms with Crippen molar-refractivity contribution in [1.82, 2.24) is 10.3 Å². The summed E-state index contributed by atoms with van der Waals surface area (Å²) in [6.07, 6.45) is 2.76. The van der Waals surface area contributed by atoms with Crippen molar-refractivity contribution < 1.29 is 14.3 Å². The molecule has 3 heterocycles. The van der Waals surface area contributed by atoms with Gasteiger partial charge in [0.15, 0.2) is 5.58 Å². The first kappa shape index (κ1) is 18.1. The molecule has 4 rings (SSSR count). The molecular formula is C19H20ClN3O3S. The van der Waals surface area contributed by atoms with Gasteiger partial charge >= 0.3 is 6.09 Å². The smallest absolute Gasteiger partial charge is 0.404 e. The van der Waals surface area contributed by atoms with E-state index in [1.807, 2.05) is 17.5 Å². The number of hydrogen-bond acceptors (Lipinski definition) is 5. The predicted octanol–water partition coefficient (Wildman–Crippen LogP) is 5.45. The number of thiophene rings is 1. The minimum atomic E-state index is -0.998. The van der Waals surface area contributed by atoms with Crippen LogP contribution in [0.25, 0.3) is 11.1 Å². The summed E-state index contributed by atoms with van der Waals surface area (Å²) < 4.78 is 6.16. The molecule has 3 aromatic rings. The number of hydrogen-bond donors (Lipinski definition) is 3. The number of nitrogens with zero attached hydrogens (tertiary/aromatic N) is 1. The fourth-order valence-corrected chi connectivity index (χ4v) is 4.56. The molecule has 0 saturated heterocycles. The van der Waals surface area contributed by atoms with E-state index in [-0.39, 0.29) is 12.0 Å². The summed E-state index contributed by atoms with van der Waals surface area (Å²) in [7, 11) is 0. The quantitative estimate of drug-likeness (QED) is 0.491. The van der Waals surface area contributed by atoms with Gasteiger partial charge in [-0.2, -0.15) is 0 Å². The zero-order valence-electron chi connectivity index (χ0n) is 14.6. The molecule has 142 valence electrons. The average Bonchev–Trinajstić information content (AvgIpc) is 3.29. The van der Waals surface area contributed by atoms with Gasteiger partial charge in [0.2, 0.25) is 0 Å². The maximum absolute atomic E-state index is 11.1. The fourth-order valence-electron chi connectivity index (χ4n) is 3.72. The molecule has 0 radical (unpaired) electrons. The first-order valence-electron chi connectivity index (χ1n) is 8.96. The van der Waals surface area contributed by atoms with Crippen LogP contribution in [-0.4, -0.2) is 22.2 Å². The summed E-state index contributed by atoms with van der Waals surface area (Å²) in [4.78, 5) is 16.7. The number of carboxylic acid groups (broad SMARTS) is 1. The highest BCUT2D eigenvalue weighted by molar-refractivity contribution is 7.09. The highest BCUT2D eigenvalue weighted by Crippen LogP contribution is 2.38. The number of aromatic nitrogens is 1. The summed E-state index contributed by atoms with van der Waals surface area (Å²) in [5, 5.41) is 17.6. The van der Waals surface area contributed by atoms with Crippen molar-refractivity contribution in [2.24, 2.45) is 0 Å². The Morgan fingerprint density at radius 3 is 3.00 bits per heavy atom. The Hall–Kier alpha value is -2.25. The van der Waals surface area contributed by atoms with E-state index in [0.717, 1.165) is 37.1 Å². The van der Waals surface area contributed by atoms with E-state index in [0.29, 0.717) is 22.8 Å². The van der Waals surface area contributed by atoms with E-state index in [4.69, 9.17) is 21.1 Å². The molecule has 3 N–H and O–H groups in total. The van der Waals surface area contributed by atoms with Crippen LogP contribution < -0.4 is 10.6 Å². The van der Waals surface area contributed by atoms with E-state index in [9.17, 15) is 4.79 Å². The van der Waals surface area contributed by atoms with Gasteiger partial charge in [0, 0.05) is 35.5 Å². The molecule has 1 saturated carbocycles. The standard InChI is InChI=1S/C19H20ClN3O3S/c20-17-9-14(21-10-11-4-3-7-27-11)18-15(22-17)8-16(26-18)12-5-1-2-6-13(12)23-19(24)25/h3-4,7-9,12-13,23H,1-2,5-6,10H2,(H,21,22)(H,24,25)/t12-,13+/m1/s1. The molecule has 3 aromatic heterocycles. The van der Waals surface area contributed by atoms with Crippen LogP contribution in [-0.2, 0) is 6.54 Å². The number of pyridine rings is 1. The molecule has 1 fully saturated rings. The normalized spacial score (nSPS) is 19.9. The van der Waals surface area contributed by atoms with Gasteiger partial charge in [0.25, 0.3) is 0 Å². The topological polar surface area (TPSA) is 87.4 Å². The van der Waals surface area contributed by atoms with Crippen LogP contribution in [0.15, 0.2) is 34.1 Å². The first-order valence-corrected chi connectivity index (χ1v) is 10.2. The van der Waals surface area contributed by atoms with E-state index in [1.54, 1.807) is 17.4 Å². The molecule has 1 aliphatic rings. The summed E-state index contributed by atoms with van der Waals surface area (Å²) in [5.41, 5.74) is 2.14. The molecule has 0 unspecified atom stereocenters. The summed E-state index contributed by atoms with van der Waals surface area (Å²) >= 11 is 7.88. The number of halogens is 1. The van der Waals surface area contributed by atoms with Gasteiger partial charge in [0.1, 0.15) is 16.4 Å². The lowest BCUT2D eigenvalue weighted by Gasteiger charge is -2.29. The Balaban J connectivity index is 1.64. The van der Waals surface area contributed by atoms with Crippen LogP contribution in [0.5, 0.6) is 0 Å². The minimum Gasteiger partial charge on any atom is -0.465 e. The molecule has 0 bridgehead atoms. The first-order chi connectivity index (χ1) is 13.1. The van der Waals surface area contributed by atoms with Gasteiger partial charge < -0.3 is 20.2 Å². The summed E-state index contributed by atoms with van der Waals surface area (Å²) in [6.45, 7) is 0.676. The van der Waals surface area contributed by atoms with Crippen LogP contribution >= 0.6 is 22.9 Å². The summed E-state index contributed by atoms with van der Waals surface area (Å²) in [5.74, 6) is 0.769. The van der Waals surface area contributed by atoms with E-state index in [1.165, 1.54) is 4.88 Å². The SMILES string of the molecule is O=C(O)N[C@H]1CCCC[C@H]1c1cc2nc(Cl)cc(NCc3cccs3)c2o1. The molecular weight excluding hydrogens is 386 g/mol. The fraction of sp³-hybridized carbons (Fsp3) is 0.368. The average molecular weight is 406 g/mol. The predicted molar refractivity (Wildman–Crippen MR) is 107 cm³/mol. The van der Waals surface area contributed by atoms with Gasteiger partial charge in [-0.25, -0.2) is 9.78 Å². The lowest BCUT2D eigenvalue weighted by Crippen LogP contribution is -2.40. The van der Waals surface area contributed by atoms with Crippen molar-refractivity contribution in [3.05, 3.63) is 45.4 Å². The Kier molecular flexibility index (Phi) is 5.22. The second-order valence-electron chi connectivity index (χ2n) is 6.74. The third-order valence-corrected chi connectivity index (χ3v) is 6.01. The minimum absolute atomic E-state index is 0.00738. The van der Waals surface area contributed by atoms with E-state index >= 15 is 0 Å². The van der Waals surface area contributed by atoms with Crippen molar-refractivity contribution in [3.8, 4) is 0 Å². The largest absolute Gasteiger partial charge is 0.465 e. The van der Waals surface area contributed by atoms with E-state index in [2.05, 4.69) is 21.7 Å². The number of nitrogens with one attached hydrogen (secondary N) is 2. The van der Waals surface area contributed by atoms with Crippen LogP contribution in [0.3, 0.4) is 0 Å². The Morgan fingerprint density at radius 2 is 2.22 bits per heavy atom. The third kappa shape index (κ3) is 4.04. The van der Waals surface area contributed by atoms with Crippen molar-refractivity contribution >= 4 is 45.8 Å². The van der Waals surface area contributed by atoms with Gasteiger partial charge in [-0.15, -0.1) is 11.3 Å². The zero-order valence-corrected chi connectivity index (χ0v) is 16.1. The van der Waals surface area contributed by atoms with Gasteiger partial charge in [-0.05, 0) is 24.3 Å². The van der Waals surface area contributed by atoms with Crippen LogP contribution in [0.1, 0.15) is 42.2 Å². The van der Waals surface area contributed by atoms with Crippen molar-refractivity contribution in [2.75, 3.05) is 5.32 Å². The molecule has 27 heavy (non-hydrogen) atoms. The van der Waals surface area contributed by atoms with Crippen molar-refractivity contribution in [3.63, 3.8) is 0 Å². The maximum Gasteiger partial charge on any atom is 0.404 e. The molecule has 6 nitrogen and oxygen atoms in total. The monoisotopic (exact) mass is 405 g/mol. The Labute approximate surface area is 165 Å². The van der Waals surface area contributed by atoms with Crippen LogP contribution in [0.2, 0.25) is 5.15 Å². The lowest BCUT2D eigenvalue weighted by atomic mass is 9.83. The van der Waals surface area contributed by atoms with Gasteiger partial charge in [-0.1, -0.05) is 30.5 Å².